The van der Waals surface area contributed by atoms with E-state index in [0.717, 1.165) is 0 Å². The number of halogens is 1. The van der Waals surface area contributed by atoms with Crippen molar-refractivity contribution in [2.24, 2.45) is 0 Å². The molecule has 1 unspecified atom stereocenters. The summed E-state index contributed by atoms with van der Waals surface area (Å²) in [5.74, 6) is -0.195. The third kappa shape index (κ3) is 1.68. The van der Waals surface area contributed by atoms with Gasteiger partial charge in [-0.3, -0.25) is 4.79 Å². The summed E-state index contributed by atoms with van der Waals surface area (Å²) >= 11 is 5.80. The zero-order valence-corrected chi connectivity index (χ0v) is 11.4. The van der Waals surface area contributed by atoms with Crippen molar-refractivity contribution in [2.75, 3.05) is 11.9 Å². The van der Waals surface area contributed by atoms with Crippen LogP contribution in [0.25, 0.3) is 0 Å². The Hall–Kier alpha value is -1.55. The third-order valence-corrected chi connectivity index (χ3v) is 3.91. The zero-order chi connectivity index (χ0) is 13.5. The topological polar surface area (TPSA) is 40.6 Å². The lowest BCUT2D eigenvalue weighted by Gasteiger charge is -2.26. The van der Waals surface area contributed by atoms with E-state index < -0.39 is 5.54 Å². The molecular weight excluding hydrogens is 252 g/mol. The van der Waals surface area contributed by atoms with Gasteiger partial charge in [-0.15, -0.1) is 0 Å². The highest BCUT2D eigenvalue weighted by atomic mass is 35.5. The lowest BCUT2D eigenvalue weighted by Crippen LogP contribution is -2.44. The van der Waals surface area contributed by atoms with Crippen molar-refractivity contribution in [1.29, 1.82) is 0 Å². The van der Waals surface area contributed by atoms with Gasteiger partial charge in [0.15, 0.2) is 0 Å². The second-order valence-electron chi connectivity index (χ2n) is 4.59. The second-order valence-corrected chi connectivity index (χ2v) is 5.02. The Morgan fingerprint density at radius 1 is 1.22 bits per heavy atom. The predicted octanol–water partition coefficient (Wildman–Crippen LogP) is 2.91. The van der Waals surface area contributed by atoms with E-state index in [1.807, 2.05) is 6.92 Å². The molecular formula is C13H15ClN2O2. The number of nitrogens with zero attached hydrogens (tertiary/aromatic N) is 2. The summed E-state index contributed by atoms with van der Waals surface area (Å²) in [6, 6.07) is 6.38. The molecule has 5 heteroatoms. The van der Waals surface area contributed by atoms with E-state index in [1.54, 1.807) is 38.2 Å². The van der Waals surface area contributed by atoms with Crippen molar-refractivity contribution >= 4 is 29.2 Å². The van der Waals surface area contributed by atoms with Gasteiger partial charge < -0.3 is 4.90 Å². The van der Waals surface area contributed by atoms with Crippen LogP contribution < -0.4 is 4.90 Å². The highest BCUT2D eigenvalue weighted by molar-refractivity contribution is 6.30. The molecule has 1 aliphatic heterocycles. The number of carbonyl (C=O) groups is 2. The number of benzene rings is 1. The molecule has 0 spiro atoms. The largest absolute Gasteiger partial charge is 0.332 e. The van der Waals surface area contributed by atoms with E-state index >= 15 is 0 Å². The van der Waals surface area contributed by atoms with Crippen molar-refractivity contribution in [2.45, 2.75) is 25.8 Å². The summed E-state index contributed by atoms with van der Waals surface area (Å²) in [5, 5.41) is 0.574. The summed E-state index contributed by atoms with van der Waals surface area (Å²) in [7, 11) is 1.65. The monoisotopic (exact) mass is 266 g/mol. The second kappa shape index (κ2) is 4.28. The molecule has 1 aromatic rings. The van der Waals surface area contributed by atoms with Crippen LogP contribution in [-0.4, -0.2) is 29.4 Å². The van der Waals surface area contributed by atoms with Gasteiger partial charge in [0.1, 0.15) is 5.54 Å². The number of hydrogen-bond acceptors (Lipinski definition) is 2. The van der Waals surface area contributed by atoms with Crippen molar-refractivity contribution in [1.82, 2.24) is 4.90 Å². The molecule has 1 saturated heterocycles. The lowest BCUT2D eigenvalue weighted by molar-refractivity contribution is -0.123. The smallest absolute Gasteiger partial charge is 0.313 e. The molecule has 1 heterocycles. The van der Waals surface area contributed by atoms with Crippen LogP contribution in [0.5, 0.6) is 0 Å². The average Bonchev–Trinajstić information content (AvgIpc) is 2.54. The molecule has 1 aliphatic rings. The van der Waals surface area contributed by atoms with Gasteiger partial charge in [0.05, 0.1) is 5.69 Å². The van der Waals surface area contributed by atoms with Gasteiger partial charge in [0.2, 0.25) is 0 Å². The van der Waals surface area contributed by atoms with Crippen LogP contribution >= 0.6 is 11.6 Å². The molecule has 1 aromatic carbocycles. The van der Waals surface area contributed by atoms with Crippen LogP contribution in [0.15, 0.2) is 24.3 Å². The first-order valence-corrected chi connectivity index (χ1v) is 6.17. The molecule has 0 bridgehead atoms. The summed E-state index contributed by atoms with van der Waals surface area (Å²) in [4.78, 5) is 27.3. The first-order valence-electron chi connectivity index (χ1n) is 5.79. The number of likely N-dealkylation sites (N-methyl/N-ethyl adjacent to an activating group) is 1. The first kappa shape index (κ1) is 12.9. The van der Waals surface area contributed by atoms with E-state index in [9.17, 15) is 9.59 Å². The highest BCUT2D eigenvalue weighted by Crippen LogP contribution is 2.33. The maximum absolute atomic E-state index is 12.4. The molecule has 0 radical (unpaired) electrons. The quantitative estimate of drug-likeness (QED) is 0.773. The maximum Gasteiger partial charge on any atom is 0.332 e. The summed E-state index contributed by atoms with van der Waals surface area (Å²) < 4.78 is 0. The minimum absolute atomic E-state index is 0.195. The molecule has 3 amide bonds. The van der Waals surface area contributed by atoms with Gasteiger partial charge in [-0.05, 0) is 37.6 Å². The highest BCUT2D eigenvalue weighted by Gasteiger charge is 2.51. The molecule has 0 saturated carbocycles. The van der Waals surface area contributed by atoms with E-state index in [4.69, 9.17) is 11.6 Å². The van der Waals surface area contributed by atoms with Crippen LogP contribution in [-0.2, 0) is 4.79 Å². The van der Waals surface area contributed by atoms with Crippen molar-refractivity contribution in [3.05, 3.63) is 29.3 Å². The number of amides is 3. The minimum Gasteiger partial charge on any atom is -0.313 e. The Morgan fingerprint density at radius 3 is 2.22 bits per heavy atom. The molecule has 0 aliphatic carbocycles. The number of hydrogen-bond donors (Lipinski definition) is 0. The summed E-state index contributed by atoms with van der Waals surface area (Å²) in [5.41, 5.74) is -0.213. The van der Waals surface area contributed by atoms with Crippen molar-refractivity contribution < 1.29 is 9.59 Å². The van der Waals surface area contributed by atoms with Crippen LogP contribution in [0.1, 0.15) is 20.3 Å². The number of carbonyl (C=O) groups excluding carboxylic acids is 2. The lowest BCUT2D eigenvalue weighted by atomic mass is 9.98. The van der Waals surface area contributed by atoms with E-state index in [2.05, 4.69) is 0 Å². The summed E-state index contributed by atoms with van der Waals surface area (Å²) in [6.45, 7) is 3.68. The standard InChI is InChI=1S/C13H15ClN2O2/c1-4-13(2)11(17)16(12(18)15(13)3)10-7-5-9(14)6-8-10/h5-8H,4H2,1-3H3. The van der Waals surface area contributed by atoms with E-state index in [-0.39, 0.29) is 11.9 Å². The van der Waals surface area contributed by atoms with Crippen LogP contribution in [0.2, 0.25) is 5.02 Å². The fourth-order valence-electron chi connectivity index (χ4n) is 2.04. The van der Waals surface area contributed by atoms with Gasteiger partial charge in [-0.2, -0.15) is 0 Å². The van der Waals surface area contributed by atoms with Gasteiger partial charge in [-0.1, -0.05) is 18.5 Å². The SMILES string of the molecule is CCC1(C)C(=O)N(c2ccc(Cl)cc2)C(=O)N1C. The number of anilines is 1. The first-order chi connectivity index (χ1) is 8.41. The predicted molar refractivity (Wildman–Crippen MR) is 70.8 cm³/mol. The normalized spacial score (nSPS) is 24.0. The average molecular weight is 267 g/mol. The van der Waals surface area contributed by atoms with Gasteiger partial charge in [0.25, 0.3) is 5.91 Å². The number of urea groups is 1. The van der Waals surface area contributed by atoms with Crippen LogP contribution in [0.4, 0.5) is 10.5 Å². The summed E-state index contributed by atoms with van der Waals surface area (Å²) in [6.07, 6.45) is 0.582. The molecule has 1 atom stereocenters. The fourth-order valence-corrected chi connectivity index (χ4v) is 2.16. The molecule has 4 nitrogen and oxygen atoms in total. The number of imide groups is 1. The van der Waals surface area contributed by atoms with Crippen molar-refractivity contribution in [3.8, 4) is 0 Å². The molecule has 1 fully saturated rings. The van der Waals surface area contributed by atoms with Crippen molar-refractivity contribution in [3.63, 3.8) is 0 Å². The Bertz CT molecular complexity index is 500. The Balaban J connectivity index is 2.44. The van der Waals surface area contributed by atoms with Gasteiger partial charge in [-0.25, -0.2) is 9.69 Å². The minimum atomic E-state index is -0.767. The van der Waals surface area contributed by atoms with Gasteiger partial charge >= 0.3 is 6.03 Å². The molecule has 96 valence electrons. The molecule has 0 aromatic heterocycles. The van der Waals surface area contributed by atoms with E-state index in [0.29, 0.717) is 17.1 Å². The maximum atomic E-state index is 12.4. The molecule has 0 N–H and O–H groups in total. The van der Waals surface area contributed by atoms with Crippen LogP contribution in [0.3, 0.4) is 0 Å². The molecule has 18 heavy (non-hydrogen) atoms. The Labute approximate surface area is 111 Å². The van der Waals surface area contributed by atoms with Crippen LogP contribution in [0, 0.1) is 0 Å². The Kier molecular flexibility index (Phi) is 3.07. The zero-order valence-electron chi connectivity index (χ0n) is 10.6. The fraction of sp³-hybridized carbons (Fsp3) is 0.385. The third-order valence-electron chi connectivity index (χ3n) is 3.66. The van der Waals surface area contributed by atoms with E-state index in [1.165, 1.54) is 9.80 Å². The Morgan fingerprint density at radius 2 is 1.78 bits per heavy atom. The number of rotatable bonds is 2. The molecule has 2 rings (SSSR count). The van der Waals surface area contributed by atoms with Gasteiger partial charge in [0, 0.05) is 12.1 Å².